The van der Waals surface area contributed by atoms with Gasteiger partial charge in [0.15, 0.2) is 17.3 Å². The number of nitrogens with one attached hydrogen (secondary N) is 2. The first-order chi connectivity index (χ1) is 13.6. The molecule has 0 atom stereocenters. The van der Waals surface area contributed by atoms with Gasteiger partial charge < -0.3 is 20.8 Å². The van der Waals surface area contributed by atoms with Gasteiger partial charge in [-0.05, 0) is 43.9 Å². The number of fused-ring (bicyclic) bond motifs is 1. The molecule has 1 aromatic carbocycles. The standard InChI is InChI=1S/C20H22FN5O2/c1-28-16-8-11(2-7-15(16)21)18(27)14-9-23-19-17(14)20(25-10-24-19)26-13-5-3-12(22)4-6-13/h2,7-10,12-13H,3-6,22H2,1H3,(H2,23,24,25,26). The summed E-state index contributed by atoms with van der Waals surface area (Å²) >= 11 is 0. The molecule has 4 rings (SSSR count). The molecule has 8 heteroatoms. The highest BCUT2D eigenvalue weighted by Gasteiger charge is 2.23. The van der Waals surface area contributed by atoms with Crippen molar-refractivity contribution < 1.29 is 13.9 Å². The lowest BCUT2D eigenvalue weighted by atomic mass is 9.92. The Hall–Kier alpha value is -3.00. The number of nitrogens with two attached hydrogens (primary N) is 1. The van der Waals surface area contributed by atoms with Gasteiger partial charge in [0.05, 0.1) is 18.1 Å². The second-order valence-corrected chi connectivity index (χ2v) is 7.08. The zero-order valence-corrected chi connectivity index (χ0v) is 15.5. The third-order valence-electron chi connectivity index (χ3n) is 5.24. The number of nitrogens with zero attached hydrogens (tertiary/aromatic N) is 2. The maximum absolute atomic E-state index is 13.7. The Kier molecular flexibility index (Phi) is 4.95. The van der Waals surface area contributed by atoms with Crippen molar-refractivity contribution in [3.05, 3.63) is 47.7 Å². The molecule has 146 valence electrons. The molecule has 28 heavy (non-hydrogen) atoms. The third kappa shape index (κ3) is 3.43. The van der Waals surface area contributed by atoms with E-state index in [2.05, 4.69) is 20.3 Å². The molecule has 2 aromatic heterocycles. The molecular formula is C20H22FN5O2. The minimum absolute atomic E-state index is 0.0267. The van der Waals surface area contributed by atoms with Crippen LogP contribution in [0, 0.1) is 5.82 Å². The quantitative estimate of drug-likeness (QED) is 0.585. The number of ketones is 1. The van der Waals surface area contributed by atoms with E-state index in [4.69, 9.17) is 10.5 Å². The summed E-state index contributed by atoms with van der Waals surface area (Å²) in [6, 6.07) is 4.57. The highest BCUT2D eigenvalue weighted by Crippen LogP contribution is 2.29. The molecule has 2 heterocycles. The Labute approximate surface area is 161 Å². The maximum Gasteiger partial charge on any atom is 0.195 e. The van der Waals surface area contributed by atoms with Crippen molar-refractivity contribution in [1.29, 1.82) is 0 Å². The number of methoxy groups -OCH3 is 1. The van der Waals surface area contributed by atoms with Gasteiger partial charge in [0.1, 0.15) is 17.8 Å². The van der Waals surface area contributed by atoms with Gasteiger partial charge in [0.2, 0.25) is 0 Å². The SMILES string of the molecule is COc1cc(C(=O)c2c[nH]c3ncnc(NC4CCC(N)CC4)c23)ccc1F. The fourth-order valence-electron chi connectivity index (χ4n) is 3.66. The van der Waals surface area contributed by atoms with Crippen molar-refractivity contribution in [2.24, 2.45) is 5.73 Å². The van der Waals surface area contributed by atoms with Crippen molar-refractivity contribution in [3.8, 4) is 5.75 Å². The van der Waals surface area contributed by atoms with E-state index < -0.39 is 5.82 Å². The fraction of sp³-hybridized carbons (Fsp3) is 0.350. The van der Waals surface area contributed by atoms with Crippen molar-refractivity contribution in [1.82, 2.24) is 15.0 Å². The smallest absolute Gasteiger partial charge is 0.195 e. The number of ether oxygens (including phenoxy) is 1. The van der Waals surface area contributed by atoms with Crippen molar-refractivity contribution in [3.63, 3.8) is 0 Å². The Bertz CT molecular complexity index is 1010. The average Bonchev–Trinajstić information content (AvgIpc) is 3.15. The van der Waals surface area contributed by atoms with Crippen LogP contribution in [0.3, 0.4) is 0 Å². The summed E-state index contributed by atoms with van der Waals surface area (Å²) in [4.78, 5) is 24.7. The molecule has 3 aromatic rings. The average molecular weight is 383 g/mol. The van der Waals surface area contributed by atoms with E-state index in [1.165, 1.54) is 31.6 Å². The molecule has 0 aliphatic heterocycles. The van der Waals surface area contributed by atoms with E-state index in [-0.39, 0.29) is 23.6 Å². The lowest BCUT2D eigenvalue weighted by Gasteiger charge is -2.27. The second kappa shape index (κ2) is 7.55. The summed E-state index contributed by atoms with van der Waals surface area (Å²) in [6.45, 7) is 0. The number of anilines is 1. The Morgan fingerprint density at radius 2 is 2.07 bits per heavy atom. The highest BCUT2D eigenvalue weighted by molar-refractivity contribution is 6.18. The van der Waals surface area contributed by atoms with Crippen molar-refractivity contribution in [2.45, 2.75) is 37.8 Å². The predicted octanol–water partition coefficient (Wildman–Crippen LogP) is 3.02. The molecule has 0 amide bonds. The monoisotopic (exact) mass is 383 g/mol. The van der Waals surface area contributed by atoms with Gasteiger partial charge in [0.25, 0.3) is 0 Å². The Morgan fingerprint density at radius 3 is 2.82 bits per heavy atom. The number of halogens is 1. The first-order valence-corrected chi connectivity index (χ1v) is 9.29. The lowest BCUT2D eigenvalue weighted by Crippen LogP contribution is -2.33. The van der Waals surface area contributed by atoms with Crippen LogP contribution in [0.15, 0.2) is 30.7 Å². The Balaban J connectivity index is 1.69. The van der Waals surface area contributed by atoms with Crippen LogP contribution >= 0.6 is 0 Å². The van der Waals surface area contributed by atoms with Crippen LogP contribution in [0.4, 0.5) is 10.2 Å². The summed E-state index contributed by atoms with van der Waals surface area (Å²) in [5.74, 6) is -0.129. The number of hydrogen-bond donors (Lipinski definition) is 3. The number of H-pyrrole nitrogens is 1. The van der Waals surface area contributed by atoms with Gasteiger partial charge in [-0.1, -0.05) is 0 Å². The van der Waals surface area contributed by atoms with E-state index in [9.17, 15) is 9.18 Å². The van der Waals surface area contributed by atoms with Crippen LogP contribution in [-0.2, 0) is 0 Å². The summed E-state index contributed by atoms with van der Waals surface area (Å²) in [7, 11) is 1.37. The molecule has 1 saturated carbocycles. The summed E-state index contributed by atoms with van der Waals surface area (Å²) < 4.78 is 18.7. The first kappa shape index (κ1) is 18.4. The summed E-state index contributed by atoms with van der Waals surface area (Å²) in [5, 5.41) is 4.08. The molecule has 1 aliphatic carbocycles. The molecule has 0 saturated heterocycles. The van der Waals surface area contributed by atoms with E-state index in [1.807, 2.05) is 0 Å². The topological polar surface area (TPSA) is 106 Å². The van der Waals surface area contributed by atoms with E-state index in [1.54, 1.807) is 6.20 Å². The van der Waals surface area contributed by atoms with Crippen LogP contribution in [0.5, 0.6) is 5.75 Å². The van der Waals surface area contributed by atoms with Gasteiger partial charge in [-0.3, -0.25) is 4.79 Å². The molecule has 0 spiro atoms. The second-order valence-electron chi connectivity index (χ2n) is 7.08. The highest BCUT2D eigenvalue weighted by atomic mass is 19.1. The zero-order valence-electron chi connectivity index (χ0n) is 15.5. The molecule has 1 fully saturated rings. The largest absolute Gasteiger partial charge is 0.494 e. The molecule has 0 bridgehead atoms. The van der Waals surface area contributed by atoms with Gasteiger partial charge in [-0.2, -0.15) is 0 Å². The third-order valence-corrected chi connectivity index (χ3v) is 5.24. The van der Waals surface area contributed by atoms with Crippen LogP contribution in [0.2, 0.25) is 0 Å². The van der Waals surface area contributed by atoms with Gasteiger partial charge in [0, 0.05) is 23.8 Å². The number of carbonyl (C=O) groups is 1. The molecule has 1 aliphatic rings. The zero-order chi connectivity index (χ0) is 19.7. The summed E-state index contributed by atoms with van der Waals surface area (Å²) in [5.41, 5.74) is 7.32. The summed E-state index contributed by atoms with van der Waals surface area (Å²) in [6.07, 6.45) is 6.90. The number of carbonyl (C=O) groups excluding carboxylic acids is 1. The number of benzene rings is 1. The Morgan fingerprint density at radius 1 is 1.29 bits per heavy atom. The van der Waals surface area contributed by atoms with Gasteiger partial charge in [-0.25, -0.2) is 14.4 Å². The number of aromatic amines is 1. The minimum Gasteiger partial charge on any atom is -0.494 e. The van der Waals surface area contributed by atoms with Gasteiger partial charge >= 0.3 is 0 Å². The molecule has 0 unspecified atom stereocenters. The molecule has 4 N–H and O–H groups in total. The predicted molar refractivity (Wildman–Crippen MR) is 104 cm³/mol. The van der Waals surface area contributed by atoms with E-state index >= 15 is 0 Å². The van der Waals surface area contributed by atoms with E-state index in [0.29, 0.717) is 28.0 Å². The normalized spacial score (nSPS) is 19.5. The molecule has 0 radical (unpaired) electrons. The van der Waals surface area contributed by atoms with Gasteiger partial charge in [-0.15, -0.1) is 0 Å². The molecule has 7 nitrogen and oxygen atoms in total. The van der Waals surface area contributed by atoms with Crippen molar-refractivity contribution in [2.75, 3.05) is 12.4 Å². The first-order valence-electron chi connectivity index (χ1n) is 9.29. The van der Waals surface area contributed by atoms with Crippen LogP contribution in [0.25, 0.3) is 11.0 Å². The number of aromatic nitrogens is 3. The van der Waals surface area contributed by atoms with Crippen LogP contribution in [-0.4, -0.2) is 39.9 Å². The lowest BCUT2D eigenvalue weighted by molar-refractivity contribution is 0.104. The van der Waals surface area contributed by atoms with Crippen LogP contribution in [0.1, 0.15) is 41.6 Å². The maximum atomic E-state index is 13.7. The number of hydrogen-bond acceptors (Lipinski definition) is 6. The number of rotatable bonds is 5. The van der Waals surface area contributed by atoms with Crippen molar-refractivity contribution >= 4 is 22.6 Å². The van der Waals surface area contributed by atoms with E-state index in [0.717, 1.165) is 25.7 Å². The fourth-order valence-corrected chi connectivity index (χ4v) is 3.66. The van der Waals surface area contributed by atoms with Crippen LogP contribution < -0.4 is 15.8 Å². The minimum atomic E-state index is -0.515. The molecular weight excluding hydrogens is 361 g/mol.